The molecule has 1 nitrogen and oxygen atoms in total. The van der Waals surface area contributed by atoms with Gasteiger partial charge in [0.2, 0.25) is 0 Å². The third-order valence-corrected chi connectivity index (χ3v) is 3.32. The minimum absolute atomic E-state index is 0.127. The Morgan fingerprint density at radius 2 is 2.00 bits per heavy atom. The monoisotopic (exact) mass is 315 g/mol. The lowest BCUT2D eigenvalue weighted by Crippen LogP contribution is -2.15. The molecule has 0 saturated heterocycles. The minimum atomic E-state index is -4.17. The van der Waals surface area contributed by atoms with Crippen molar-refractivity contribution in [3.05, 3.63) is 33.3 Å². The van der Waals surface area contributed by atoms with Crippen LogP contribution in [-0.2, 0) is 0 Å². The molecule has 0 aliphatic rings. The predicted octanol–water partition coefficient (Wildman–Crippen LogP) is 4.44. The molecule has 0 saturated carbocycles. The predicted molar refractivity (Wildman–Crippen MR) is 61.4 cm³/mol. The molecular formula is C10H10BrClF3N. The van der Waals surface area contributed by atoms with E-state index in [-0.39, 0.29) is 6.42 Å². The SMILES string of the molecule is N[C@@H](CCC(F)(F)F)c1ccc(Cl)c(Br)c1. The topological polar surface area (TPSA) is 26.0 Å². The zero-order chi connectivity index (χ0) is 12.3. The first-order valence-corrected chi connectivity index (χ1v) is 5.74. The highest BCUT2D eigenvalue weighted by Gasteiger charge is 2.27. The second-order valence-electron chi connectivity index (χ2n) is 3.43. The maximum absolute atomic E-state index is 12.0. The average Bonchev–Trinajstić information content (AvgIpc) is 2.17. The van der Waals surface area contributed by atoms with Crippen molar-refractivity contribution >= 4 is 27.5 Å². The van der Waals surface area contributed by atoms with Crippen LogP contribution in [0, 0.1) is 0 Å². The molecule has 0 aliphatic heterocycles. The molecule has 1 atom stereocenters. The summed E-state index contributed by atoms with van der Waals surface area (Å²) in [6, 6.07) is 4.25. The summed E-state index contributed by atoms with van der Waals surface area (Å²) in [7, 11) is 0. The molecule has 90 valence electrons. The Bertz CT molecular complexity index is 368. The average molecular weight is 317 g/mol. The van der Waals surface area contributed by atoms with Crippen molar-refractivity contribution < 1.29 is 13.2 Å². The van der Waals surface area contributed by atoms with Crippen molar-refractivity contribution in [3.63, 3.8) is 0 Å². The van der Waals surface area contributed by atoms with E-state index in [4.69, 9.17) is 17.3 Å². The summed E-state index contributed by atoms with van der Waals surface area (Å²) in [5, 5.41) is 0.506. The van der Waals surface area contributed by atoms with Crippen LogP contribution in [0.1, 0.15) is 24.4 Å². The Labute approximate surface area is 105 Å². The molecule has 16 heavy (non-hydrogen) atoms. The molecule has 0 aromatic heterocycles. The van der Waals surface area contributed by atoms with E-state index in [0.717, 1.165) is 0 Å². The van der Waals surface area contributed by atoms with Crippen molar-refractivity contribution in [2.24, 2.45) is 5.73 Å². The molecule has 0 radical (unpaired) electrons. The molecule has 0 amide bonds. The van der Waals surface area contributed by atoms with Gasteiger partial charge in [0.1, 0.15) is 0 Å². The number of alkyl halides is 3. The lowest BCUT2D eigenvalue weighted by molar-refractivity contribution is -0.136. The van der Waals surface area contributed by atoms with Crippen LogP contribution in [-0.4, -0.2) is 6.18 Å². The van der Waals surface area contributed by atoms with Gasteiger partial charge in [0.25, 0.3) is 0 Å². The van der Waals surface area contributed by atoms with Gasteiger partial charge in [-0.2, -0.15) is 13.2 Å². The molecule has 0 heterocycles. The van der Waals surface area contributed by atoms with Gasteiger partial charge in [-0.05, 0) is 40.0 Å². The Balaban J connectivity index is 2.66. The molecule has 1 rings (SSSR count). The molecule has 1 aromatic rings. The van der Waals surface area contributed by atoms with Crippen LogP contribution < -0.4 is 5.73 Å². The smallest absolute Gasteiger partial charge is 0.324 e. The van der Waals surface area contributed by atoms with Crippen molar-refractivity contribution in [2.45, 2.75) is 25.1 Å². The van der Waals surface area contributed by atoms with Crippen LogP contribution in [0.2, 0.25) is 5.02 Å². The molecule has 0 spiro atoms. The van der Waals surface area contributed by atoms with Gasteiger partial charge in [0.15, 0.2) is 0 Å². The summed E-state index contributed by atoms with van der Waals surface area (Å²) < 4.78 is 36.6. The Hall–Kier alpha value is -0.260. The highest BCUT2D eigenvalue weighted by Crippen LogP contribution is 2.29. The fourth-order valence-corrected chi connectivity index (χ4v) is 1.74. The largest absolute Gasteiger partial charge is 0.389 e. The summed E-state index contributed by atoms with van der Waals surface area (Å²) in [6.45, 7) is 0. The summed E-state index contributed by atoms with van der Waals surface area (Å²) in [5.41, 5.74) is 6.30. The molecule has 0 unspecified atom stereocenters. The number of benzene rings is 1. The molecule has 2 N–H and O–H groups in total. The Kier molecular flexibility index (Phi) is 4.64. The number of rotatable bonds is 3. The van der Waals surface area contributed by atoms with E-state index in [1.807, 2.05) is 0 Å². The first-order chi connectivity index (χ1) is 7.29. The number of hydrogen-bond acceptors (Lipinski definition) is 1. The Morgan fingerprint density at radius 3 is 2.50 bits per heavy atom. The van der Waals surface area contributed by atoms with Gasteiger partial charge in [-0.25, -0.2) is 0 Å². The zero-order valence-electron chi connectivity index (χ0n) is 8.19. The molecule has 1 aromatic carbocycles. The maximum Gasteiger partial charge on any atom is 0.389 e. The van der Waals surface area contributed by atoms with E-state index in [1.165, 1.54) is 0 Å². The maximum atomic E-state index is 12.0. The third-order valence-electron chi connectivity index (χ3n) is 2.11. The first kappa shape index (κ1) is 13.8. The molecule has 0 bridgehead atoms. The van der Waals surface area contributed by atoms with E-state index in [9.17, 15) is 13.2 Å². The summed E-state index contributed by atoms with van der Waals surface area (Å²) in [4.78, 5) is 0. The molecule has 0 aliphatic carbocycles. The quantitative estimate of drug-likeness (QED) is 0.876. The number of hydrogen-bond donors (Lipinski definition) is 1. The standard InChI is InChI=1S/C10H10BrClF3N/c11-7-5-6(1-2-8(7)12)9(16)3-4-10(13,14)15/h1-2,5,9H,3-4,16H2/t9-/m0/s1. The van der Waals surface area contributed by atoms with Crippen LogP contribution in [0.25, 0.3) is 0 Å². The highest BCUT2D eigenvalue weighted by molar-refractivity contribution is 9.10. The third kappa shape index (κ3) is 4.31. The van der Waals surface area contributed by atoms with Crippen LogP contribution in [0.15, 0.2) is 22.7 Å². The molecule has 0 fully saturated rings. The second-order valence-corrected chi connectivity index (χ2v) is 4.70. The van der Waals surface area contributed by atoms with E-state index >= 15 is 0 Å². The molecular weight excluding hydrogens is 306 g/mol. The first-order valence-electron chi connectivity index (χ1n) is 4.57. The lowest BCUT2D eigenvalue weighted by atomic mass is 10.0. The van der Waals surface area contributed by atoms with Gasteiger partial charge in [0, 0.05) is 16.9 Å². The number of nitrogens with two attached hydrogens (primary N) is 1. The summed E-state index contributed by atoms with van der Waals surface area (Å²) in [6.07, 6.45) is -5.17. The van der Waals surface area contributed by atoms with Crippen molar-refractivity contribution in [3.8, 4) is 0 Å². The Morgan fingerprint density at radius 1 is 1.38 bits per heavy atom. The van der Waals surface area contributed by atoms with Crippen molar-refractivity contribution in [2.75, 3.05) is 0 Å². The van der Waals surface area contributed by atoms with E-state index in [1.54, 1.807) is 18.2 Å². The normalized spacial score (nSPS) is 13.9. The van der Waals surface area contributed by atoms with E-state index < -0.39 is 18.6 Å². The number of halogens is 5. The second kappa shape index (κ2) is 5.38. The van der Waals surface area contributed by atoms with Gasteiger partial charge in [0.05, 0.1) is 5.02 Å². The summed E-state index contributed by atoms with van der Waals surface area (Å²) in [5.74, 6) is 0. The van der Waals surface area contributed by atoms with Crippen molar-refractivity contribution in [1.29, 1.82) is 0 Å². The van der Waals surface area contributed by atoms with E-state index in [0.29, 0.717) is 15.1 Å². The van der Waals surface area contributed by atoms with E-state index in [2.05, 4.69) is 15.9 Å². The van der Waals surface area contributed by atoms with Gasteiger partial charge in [-0.3, -0.25) is 0 Å². The van der Waals surface area contributed by atoms with Gasteiger partial charge >= 0.3 is 6.18 Å². The summed E-state index contributed by atoms with van der Waals surface area (Å²) >= 11 is 8.96. The molecule has 6 heteroatoms. The minimum Gasteiger partial charge on any atom is -0.324 e. The van der Waals surface area contributed by atoms with Crippen LogP contribution in [0.5, 0.6) is 0 Å². The van der Waals surface area contributed by atoms with Gasteiger partial charge in [-0.15, -0.1) is 0 Å². The fraction of sp³-hybridized carbons (Fsp3) is 0.400. The van der Waals surface area contributed by atoms with Gasteiger partial charge < -0.3 is 5.73 Å². The van der Waals surface area contributed by atoms with Crippen molar-refractivity contribution in [1.82, 2.24) is 0 Å². The van der Waals surface area contributed by atoms with Gasteiger partial charge in [-0.1, -0.05) is 17.7 Å². The highest BCUT2D eigenvalue weighted by atomic mass is 79.9. The lowest BCUT2D eigenvalue weighted by Gasteiger charge is -2.14. The van der Waals surface area contributed by atoms with Crippen LogP contribution in [0.3, 0.4) is 0 Å². The van der Waals surface area contributed by atoms with Crippen LogP contribution in [0.4, 0.5) is 13.2 Å². The van der Waals surface area contributed by atoms with Crippen LogP contribution >= 0.6 is 27.5 Å². The zero-order valence-corrected chi connectivity index (χ0v) is 10.5. The fourth-order valence-electron chi connectivity index (χ4n) is 1.23.